The van der Waals surface area contributed by atoms with Gasteiger partial charge < -0.3 is 20.3 Å². The fourth-order valence-corrected chi connectivity index (χ4v) is 3.27. The minimum Gasteiger partial charge on any atom is -0.444 e. The van der Waals surface area contributed by atoms with Gasteiger partial charge in [-0.1, -0.05) is 23.8 Å². The highest BCUT2D eigenvalue weighted by atomic mass is 16.6. The standard InChI is InChI=1S/C24H39N3O4/c1-15(2)27(19(28)14-25-22(30)31-24(8,9)10)20(21(29)26-23(5,6)7)18-12-11-16(3)13-17(18)4/h11-13,15,20H,14H2,1-10H3,(H,25,30)(H,26,29). The van der Waals surface area contributed by atoms with E-state index in [0.717, 1.165) is 16.7 Å². The summed E-state index contributed by atoms with van der Waals surface area (Å²) in [5.74, 6) is -0.631. The Balaban J connectivity index is 3.28. The fraction of sp³-hybridized carbons (Fsp3) is 0.625. The van der Waals surface area contributed by atoms with E-state index in [0.29, 0.717) is 0 Å². The number of nitrogens with one attached hydrogen (secondary N) is 2. The maximum atomic E-state index is 13.4. The zero-order chi connectivity index (χ0) is 24.1. The topological polar surface area (TPSA) is 87.7 Å². The zero-order valence-corrected chi connectivity index (χ0v) is 20.7. The molecule has 1 aromatic carbocycles. The monoisotopic (exact) mass is 433 g/mol. The number of hydrogen-bond acceptors (Lipinski definition) is 4. The molecule has 0 spiro atoms. The number of carbonyl (C=O) groups is 3. The van der Waals surface area contributed by atoms with Crippen molar-refractivity contribution in [3.05, 3.63) is 34.9 Å². The van der Waals surface area contributed by atoms with E-state index in [1.165, 1.54) is 4.90 Å². The molecule has 0 bridgehead atoms. The summed E-state index contributed by atoms with van der Waals surface area (Å²) in [7, 11) is 0. The van der Waals surface area contributed by atoms with Gasteiger partial charge in [0.25, 0.3) is 0 Å². The van der Waals surface area contributed by atoms with E-state index in [1.807, 2.05) is 66.7 Å². The van der Waals surface area contributed by atoms with E-state index in [-0.39, 0.29) is 24.4 Å². The number of alkyl carbamates (subject to hydrolysis) is 1. The zero-order valence-electron chi connectivity index (χ0n) is 20.7. The smallest absolute Gasteiger partial charge is 0.408 e. The first-order valence-corrected chi connectivity index (χ1v) is 10.7. The highest BCUT2D eigenvalue weighted by molar-refractivity contribution is 5.91. The van der Waals surface area contributed by atoms with Gasteiger partial charge in [0.2, 0.25) is 11.8 Å². The lowest BCUT2D eigenvalue weighted by Crippen LogP contribution is -2.53. The van der Waals surface area contributed by atoms with Crippen molar-refractivity contribution in [1.29, 1.82) is 0 Å². The Kier molecular flexibility index (Phi) is 8.67. The van der Waals surface area contributed by atoms with E-state index >= 15 is 0 Å². The third-order valence-electron chi connectivity index (χ3n) is 4.37. The Labute approximate surface area is 186 Å². The molecule has 3 amide bonds. The maximum absolute atomic E-state index is 13.4. The van der Waals surface area contributed by atoms with E-state index in [9.17, 15) is 14.4 Å². The largest absolute Gasteiger partial charge is 0.444 e. The lowest BCUT2D eigenvalue weighted by molar-refractivity contribution is -0.142. The number of benzene rings is 1. The Bertz CT molecular complexity index is 804. The molecule has 0 heterocycles. The van der Waals surface area contributed by atoms with Crippen LogP contribution in [0.4, 0.5) is 4.79 Å². The van der Waals surface area contributed by atoms with Crippen LogP contribution in [0.25, 0.3) is 0 Å². The van der Waals surface area contributed by atoms with Crippen LogP contribution in [0.15, 0.2) is 18.2 Å². The minimum atomic E-state index is -0.826. The Hall–Kier alpha value is -2.57. The van der Waals surface area contributed by atoms with Gasteiger partial charge in [0.15, 0.2) is 0 Å². The van der Waals surface area contributed by atoms with Gasteiger partial charge in [-0.05, 0) is 80.4 Å². The third-order valence-corrected chi connectivity index (χ3v) is 4.37. The van der Waals surface area contributed by atoms with Crippen LogP contribution in [0.1, 0.15) is 78.1 Å². The first-order valence-electron chi connectivity index (χ1n) is 10.7. The first kappa shape index (κ1) is 26.5. The van der Waals surface area contributed by atoms with Crippen molar-refractivity contribution in [1.82, 2.24) is 15.5 Å². The number of ether oxygens (including phenoxy) is 1. The number of amides is 3. The van der Waals surface area contributed by atoms with E-state index in [2.05, 4.69) is 10.6 Å². The molecule has 1 aromatic rings. The molecule has 7 heteroatoms. The summed E-state index contributed by atoms with van der Waals surface area (Å²) < 4.78 is 5.22. The number of carbonyl (C=O) groups excluding carboxylic acids is 3. The number of rotatable bonds is 6. The maximum Gasteiger partial charge on any atom is 0.408 e. The molecule has 0 aliphatic carbocycles. The van der Waals surface area contributed by atoms with Crippen LogP contribution in [0, 0.1) is 13.8 Å². The van der Waals surface area contributed by atoms with Crippen LogP contribution in [0.2, 0.25) is 0 Å². The summed E-state index contributed by atoms with van der Waals surface area (Å²) in [6.07, 6.45) is -0.674. The molecule has 1 unspecified atom stereocenters. The molecule has 0 aromatic heterocycles. The highest BCUT2D eigenvalue weighted by Gasteiger charge is 2.35. The normalized spacial score (nSPS) is 12.9. The van der Waals surface area contributed by atoms with Crippen LogP contribution >= 0.6 is 0 Å². The Morgan fingerprint density at radius 2 is 1.61 bits per heavy atom. The van der Waals surface area contributed by atoms with Crippen LogP contribution < -0.4 is 10.6 Å². The second-order valence-electron chi connectivity index (χ2n) is 10.3. The van der Waals surface area contributed by atoms with Crippen molar-refractivity contribution in [3.63, 3.8) is 0 Å². The third kappa shape index (κ3) is 8.59. The summed E-state index contributed by atoms with van der Waals surface area (Å²) in [6.45, 7) is 18.3. The minimum absolute atomic E-state index is 0.265. The van der Waals surface area contributed by atoms with Crippen molar-refractivity contribution in [2.24, 2.45) is 0 Å². The highest BCUT2D eigenvalue weighted by Crippen LogP contribution is 2.28. The van der Waals surface area contributed by atoms with Crippen LogP contribution in [-0.2, 0) is 14.3 Å². The molecule has 1 rings (SSSR count). The second kappa shape index (κ2) is 10.2. The lowest BCUT2D eigenvalue weighted by atomic mass is 9.95. The Morgan fingerprint density at radius 3 is 2.06 bits per heavy atom. The van der Waals surface area contributed by atoms with E-state index in [4.69, 9.17) is 4.74 Å². The first-order chi connectivity index (χ1) is 14.0. The average Bonchev–Trinajstić information content (AvgIpc) is 2.54. The van der Waals surface area contributed by atoms with Crippen molar-refractivity contribution in [3.8, 4) is 0 Å². The van der Waals surface area contributed by atoms with Gasteiger partial charge >= 0.3 is 6.09 Å². The van der Waals surface area contributed by atoms with Crippen molar-refractivity contribution in [2.75, 3.05) is 6.54 Å². The van der Waals surface area contributed by atoms with Crippen molar-refractivity contribution in [2.45, 2.75) is 92.5 Å². The summed E-state index contributed by atoms with van der Waals surface area (Å²) in [4.78, 5) is 40.1. The molecule has 7 nitrogen and oxygen atoms in total. The molecule has 0 fully saturated rings. The quantitative estimate of drug-likeness (QED) is 0.709. The average molecular weight is 434 g/mol. The van der Waals surface area contributed by atoms with Gasteiger partial charge in [0, 0.05) is 11.6 Å². The SMILES string of the molecule is Cc1ccc(C(C(=O)NC(C)(C)C)N(C(=O)CNC(=O)OC(C)(C)C)C(C)C)c(C)c1. The summed E-state index contributed by atoms with van der Waals surface area (Å²) in [5.41, 5.74) is 1.62. The van der Waals surface area contributed by atoms with Crippen molar-refractivity contribution < 1.29 is 19.1 Å². The van der Waals surface area contributed by atoms with Crippen LogP contribution in [-0.4, -0.2) is 46.5 Å². The van der Waals surface area contributed by atoms with Crippen molar-refractivity contribution >= 4 is 17.9 Å². The molecular weight excluding hydrogens is 394 g/mol. The molecule has 31 heavy (non-hydrogen) atoms. The van der Waals surface area contributed by atoms with Gasteiger partial charge in [0.05, 0.1) is 0 Å². The van der Waals surface area contributed by atoms with Gasteiger partial charge in [-0.25, -0.2) is 4.79 Å². The lowest BCUT2D eigenvalue weighted by Gasteiger charge is -2.37. The van der Waals surface area contributed by atoms with Gasteiger partial charge in [0.1, 0.15) is 18.2 Å². The fourth-order valence-electron chi connectivity index (χ4n) is 3.27. The molecule has 0 saturated carbocycles. The molecular formula is C24H39N3O4. The predicted octanol–water partition coefficient (Wildman–Crippen LogP) is 4.02. The number of hydrogen-bond donors (Lipinski definition) is 2. The summed E-state index contributed by atoms with van der Waals surface area (Å²) >= 11 is 0. The summed E-state index contributed by atoms with van der Waals surface area (Å²) in [6, 6.07) is 4.72. The molecule has 0 radical (unpaired) electrons. The van der Waals surface area contributed by atoms with E-state index in [1.54, 1.807) is 20.8 Å². The van der Waals surface area contributed by atoms with E-state index < -0.39 is 23.3 Å². The summed E-state index contributed by atoms with van der Waals surface area (Å²) in [5, 5.41) is 5.51. The second-order valence-corrected chi connectivity index (χ2v) is 10.3. The number of aryl methyl sites for hydroxylation is 2. The van der Waals surface area contributed by atoms with Crippen LogP contribution in [0.5, 0.6) is 0 Å². The van der Waals surface area contributed by atoms with Crippen LogP contribution in [0.3, 0.4) is 0 Å². The molecule has 174 valence electrons. The molecule has 0 saturated heterocycles. The number of nitrogens with zero attached hydrogens (tertiary/aromatic N) is 1. The molecule has 2 N–H and O–H groups in total. The van der Waals surface area contributed by atoms with Gasteiger partial charge in [-0.3, -0.25) is 9.59 Å². The van der Waals surface area contributed by atoms with Gasteiger partial charge in [-0.15, -0.1) is 0 Å². The molecule has 0 aliphatic heterocycles. The predicted molar refractivity (Wildman–Crippen MR) is 123 cm³/mol. The Morgan fingerprint density at radius 1 is 1.03 bits per heavy atom. The molecule has 0 aliphatic rings. The van der Waals surface area contributed by atoms with Gasteiger partial charge in [-0.2, -0.15) is 0 Å². The molecule has 1 atom stereocenters.